The predicted octanol–water partition coefficient (Wildman–Crippen LogP) is 4.81. The molecule has 0 unspecified atom stereocenters. The number of methoxy groups -OCH3 is 2. The third kappa shape index (κ3) is 3.58. The van der Waals surface area contributed by atoms with Crippen LogP contribution in [0.3, 0.4) is 0 Å². The molecule has 0 aromatic heterocycles. The highest BCUT2D eigenvalue weighted by Crippen LogP contribution is 2.50. The SMILES string of the molecule is COC(=O)[C@@H]1CCC=C[C@@H]1[C@H]1C(=O)N(c2ccc(Cl)cc2)[C@@H]1c1ccc(OC)cc1. The first-order chi connectivity index (χ1) is 14.5. The Morgan fingerprint density at radius 1 is 1.07 bits per heavy atom. The van der Waals surface area contributed by atoms with Gasteiger partial charge in [-0.2, -0.15) is 0 Å². The van der Waals surface area contributed by atoms with Crippen molar-refractivity contribution in [2.24, 2.45) is 17.8 Å². The van der Waals surface area contributed by atoms with Crippen LogP contribution >= 0.6 is 11.6 Å². The van der Waals surface area contributed by atoms with Gasteiger partial charge in [-0.05, 0) is 54.8 Å². The van der Waals surface area contributed by atoms with Crippen molar-refractivity contribution in [2.75, 3.05) is 19.1 Å². The van der Waals surface area contributed by atoms with E-state index >= 15 is 0 Å². The van der Waals surface area contributed by atoms with Crippen LogP contribution in [0.25, 0.3) is 0 Å². The number of carbonyl (C=O) groups excluding carboxylic acids is 2. The Kier molecular flexibility index (Phi) is 5.82. The van der Waals surface area contributed by atoms with E-state index in [0.717, 1.165) is 23.4 Å². The fraction of sp³-hybridized carbons (Fsp3) is 0.333. The molecule has 0 spiro atoms. The largest absolute Gasteiger partial charge is 0.497 e. The van der Waals surface area contributed by atoms with Gasteiger partial charge in [-0.15, -0.1) is 0 Å². The molecule has 1 aliphatic carbocycles. The number of allylic oxidation sites excluding steroid dienone is 2. The van der Waals surface area contributed by atoms with Crippen LogP contribution in [0.15, 0.2) is 60.7 Å². The van der Waals surface area contributed by atoms with Gasteiger partial charge in [-0.25, -0.2) is 0 Å². The lowest BCUT2D eigenvalue weighted by molar-refractivity contribution is -0.149. The Bertz CT molecular complexity index is 954. The maximum atomic E-state index is 13.4. The van der Waals surface area contributed by atoms with E-state index in [0.29, 0.717) is 11.4 Å². The van der Waals surface area contributed by atoms with Crippen LogP contribution < -0.4 is 9.64 Å². The van der Waals surface area contributed by atoms with Crippen molar-refractivity contribution in [3.05, 3.63) is 71.3 Å². The number of anilines is 1. The molecule has 1 amide bonds. The number of hydrogen-bond donors (Lipinski definition) is 0. The van der Waals surface area contributed by atoms with E-state index in [1.54, 1.807) is 24.1 Å². The first-order valence-corrected chi connectivity index (χ1v) is 10.4. The normalized spacial score (nSPS) is 25.6. The van der Waals surface area contributed by atoms with Crippen LogP contribution in [-0.2, 0) is 14.3 Å². The quantitative estimate of drug-likeness (QED) is 0.392. The Morgan fingerprint density at radius 2 is 1.77 bits per heavy atom. The minimum atomic E-state index is -0.338. The van der Waals surface area contributed by atoms with Gasteiger partial charge >= 0.3 is 5.97 Å². The van der Waals surface area contributed by atoms with Crippen molar-refractivity contribution >= 4 is 29.2 Å². The maximum absolute atomic E-state index is 13.4. The molecule has 6 heteroatoms. The molecule has 2 aromatic rings. The summed E-state index contributed by atoms with van der Waals surface area (Å²) in [6.45, 7) is 0. The fourth-order valence-electron chi connectivity index (χ4n) is 4.59. The lowest BCUT2D eigenvalue weighted by Crippen LogP contribution is -2.59. The first kappa shape index (κ1) is 20.5. The molecule has 2 aromatic carbocycles. The molecule has 0 radical (unpaired) electrons. The van der Waals surface area contributed by atoms with Gasteiger partial charge in [0.2, 0.25) is 5.91 Å². The molecule has 0 saturated carbocycles. The summed E-state index contributed by atoms with van der Waals surface area (Å²) in [7, 11) is 3.03. The average molecular weight is 426 g/mol. The number of rotatable bonds is 5. The molecule has 30 heavy (non-hydrogen) atoms. The number of amides is 1. The fourth-order valence-corrected chi connectivity index (χ4v) is 4.71. The second kappa shape index (κ2) is 8.52. The molecular formula is C24H24ClNO4. The summed E-state index contributed by atoms with van der Waals surface area (Å²) in [6.07, 6.45) is 5.58. The van der Waals surface area contributed by atoms with Gasteiger partial charge in [0.15, 0.2) is 0 Å². The third-order valence-electron chi connectivity index (χ3n) is 6.09. The molecular weight excluding hydrogens is 402 g/mol. The van der Waals surface area contributed by atoms with E-state index < -0.39 is 0 Å². The van der Waals surface area contributed by atoms with Gasteiger partial charge in [0.05, 0.1) is 32.1 Å². The maximum Gasteiger partial charge on any atom is 0.309 e. The lowest BCUT2D eigenvalue weighted by atomic mass is 9.67. The van der Waals surface area contributed by atoms with Crippen molar-refractivity contribution < 1.29 is 19.1 Å². The van der Waals surface area contributed by atoms with Crippen molar-refractivity contribution in [1.29, 1.82) is 0 Å². The minimum Gasteiger partial charge on any atom is -0.497 e. The Hall–Kier alpha value is -2.79. The molecule has 4 rings (SSSR count). The summed E-state index contributed by atoms with van der Waals surface area (Å²) >= 11 is 6.04. The molecule has 2 aliphatic rings. The molecule has 1 heterocycles. The topological polar surface area (TPSA) is 55.8 Å². The molecule has 1 fully saturated rings. The minimum absolute atomic E-state index is 0.00333. The van der Waals surface area contributed by atoms with Crippen LogP contribution in [-0.4, -0.2) is 26.1 Å². The predicted molar refractivity (Wildman–Crippen MR) is 116 cm³/mol. The van der Waals surface area contributed by atoms with Gasteiger partial charge in [-0.3, -0.25) is 9.59 Å². The molecule has 4 atom stereocenters. The highest BCUT2D eigenvalue weighted by Gasteiger charge is 2.54. The second-order valence-electron chi connectivity index (χ2n) is 7.64. The van der Waals surface area contributed by atoms with Crippen LogP contribution in [0.5, 0.6) is 5.75 Å². The number of halogens is 1. The van der Waals surface area contributed by atoms with Gasteiger partial charge in [0, 0.05) is 16.6 Å². The van der Waals surface area contributed by atoms with Crippen molar-refractivity contribution in [3.63, 3.8) is 0 Å². The Morgan fingerprint density at radius 3 is 2.40 bits per heavy atom. The monoisotopic (exact) mass is 425 g/mol. The van der Waals surface area contributed by atoms with E-state index in [4.69, 9.17) is 21.1 Å². The van der Waals surface area contributed by atoms with Crippen LogP contribution in [0.2, 0.25) is 5.02 Å². The van der Waals surface area contributed by atoms with Crippen LogP contribution in [0, 0.1) is 17.8 Å². The van der Waals surface area contributed by atoms with Crippen molar-refractivity contribution in [1.82, 2.24) is 0 Å². The van der Waals surface area contributed by atoms with Gasteiger partial charge in [-0.1, -0.05) is 35.9 Å². The highest BCUT2D eigenvalue weighted by atomic mass is 35.5. The van der Waals surface area contributed by atoms with Crippen molar-refractivity contribution in [2.45, 2.75) is 18.9 Å². The standard InChI is InChI=1S/C24H24ClNO4/c1-29-18-13-7-15(8-14-18)22-21(19-5-3-4-6-20(19)24(28)30-2)23(27)26(22)17-11-9-16(25)10-12-17/h3,5,7-14,19-22H,4,6H2,1-2H3/t19-,20+,21+,22+/m0/s1. The number of nitrogens with zero attached hydrogens (tertiary/aromatic N) is 1. The number of carbonyl (C=O) groups is 2. The molecule has 0 bridgehead atoms. The van der Waals surface area contributed by atoms with Crippen molar-refractivity contribution in [3.8, 4) is 5.75 Å². The Balaban J connectivity index is 1.73. The smallest absolute Gasteiger partial charge is 0.309 e. The number of hydrogen-bond acceptors (Lipinski definition) is 4. The van der Waals surface area contributed by atoms with Gasteiger partial charge in [0.25, 0.3) is 0 Å². The summed E-state index contributed by atoms with van der Waals surface area (Å²) in [6, 6.07) is 14.8. The molecule has 5 nitrogen and oxygen atoms in total. The average Bonchev–Trinajstić information content (AvgIpc) is 2.78. The summed E-state index contributed by atoms with van der Waals surface area (Å²) < 4.78 is 10.3. The zero-order chi connectivity index (χ0) is 21.3. The van der Waals surface area contributed by atoms with Crippen LogP contribution in [0.1, 0.15) is 24.4 Å². The zero-order valence-corrected chi connectivity index (χ0v) is 17.7. The zero-order valence-electron chi connectivity index (χ0n) is 17.0. The van der Waals surface area contributed by atoms with Gasteiger partial charge < -0.3 is 14.4 Å². The first-order valence-electron chi connectivity index (χ1n) is 10.0. The summed E-state index contributed by atoms with van der Waals surface area (Å²) in [4.78, 5) is 27.6. The summed E-state index contributed by atoms with van der Waals surface area (Å²) in [5.41, 5.74) is 1.79. The highest BCUT2D eigenvalue weighted by molar-refractivity contribution is 6.30. The van der Waals surface area contributed by atoms with E-state index in [-0.39, 0.29) is 35.7 Å². The second-order valence-corrected chi connectivity index (χ2v) is 8.08. The van der Waals surface area contributed by atoms with E-state index in [1.807, 2.05) is 42.5 Å². The van der Waals surface area contributed by atoms with Crippen LogP contribution in [0.4, 0.5) is 5.69 Å². The van der Waals surface area contributed by atoms with E-state index in [9.17, 15) is 9.59 Å². The number of esters is 1. The third-order valence-corrected chi connectivity index (χ3v) is 6.34. The lowest BCUT2D eigenvalue weighted by Gasteiger charge is -2.51. The van der Waals surface area contributed by atoms with Gasteiger partial charge in [0.1, 0.15) is 5.75 Å². The van der Waals surface area contributed by atoms with E-state index in [2.05, 4.69) is 6.08 Å². The van der Waals surface area contributed by atoms with E-state index in [1.165, 1.54) is 7.11 Å². The number of ether oxygens (including phenoxy) is 2. The Labute approximate surface area is 181 Å². The number of benzene rings is 2. The molecule has 1 saturated heterocycles. The summed E-state index contributed by atoms with van der Waals surface area (Å²) in [5, 5.41) is 0.616. The molecule has 1 aliphatic heterocycles. The molecule has 156 valence electrons. The number of β-lactam (4-membered cyclic amide) rings is 1. The molecule has 0 N–H and O–H groups in total. The summed E-state index contributed by atoms with van der Waals surface area (Å²) in [5.74, 6) is -0.352.